The van der Waals surface area contributed by atoms with Gasteiger partial charge in [0.1, 0.15) is 19.3 Å². The molecule has 0 rings (SSSR count). The van der Waals surface area contributed by atoms with E-state index in [0.29, 0.717) is 23.9 Å². The first-order valence-electron chi connectivity index (χ1n) is 28.2. The standard InChI is InChI=1S/C63H103N2O7P/c1-7-10-13-16-19-22-25-27-29-31-32-34-35-37-40-43-46-49-52-55-62(66)64-60(59-71-73(68,69)70-58-57-65(4,5)6)61(54-51-48-45-42-39-24-21-18-15-12-9-3)72-63(67)56-53-50-47-44-41-38-36-33-30-28-26-23-20-17-14-11-8-2/h10-11,13-14,17,19-20,22-23,26-30,32-34,36-38,40-41,51,54,60-61H,7-9,12,15-16,18,21,24-25,31,35,39,42-50,52-53,55-59H2,1-6H3,(H-,64,66,68,69)/p+1/b13-10-,14-11-,20-17+,22-19-,26-23+,29-27-,30-28-,34-32-,36-33+,40-37-,41-38+,54-51+. The van der Waals surface area contributed by atoms with Crippen LogP contribution in [-0.4, -0.2) is 74.3 Å². The number of nitrogens with zero attached hydrogens (tertiary/aromatic N) is 1. The van der Waals surface area contributed by atoms with Gasteiger partial charge in [0.05, 0.1) is 33.8 Å². The Balaban J connectivity index is 5.50. The monoisotopic (exact) mass is 1030 g/mol. The first-order chi connectivity index (χ1) is 35.4. The van der Waals surface area contributed by atoms with E-state index < -0.39 is 20.0 Å². The Hall–Kier alpha value is -4.11. The van der Waals surface area contributed by atoms with Gasteiger partial charge in [-0.2, -0.15) is 0 Å². The number of likely N-dealkylation sites (N-methyl/N-ethyl adjacent to an activating group) is 1. The summed E-state index contributed by atoms with van der Waals surface area (Å²) in [6.45, 7) is 6.65. The summed E-state index contributed by atoms with van der Waals surface area (Å²) in [5, 5.41) is 3.01. The maximum absolute atomic E-state index is 13.5. The lowest BCUT2D eigenvalue weighted by molar-refractivity contribution is -0.870. The highest BCUT2D eigenvalue weighted by Gasteiger charge is 2.30. The number of amides is 1. The smallest absolute Gasteiger partial charge is 0.456 e. The van der Waals surface area contributed by atoms with Crippen molar-refractivity contribution in [2.75, 3.05) is 40.9 Å². The Labute approximate surface area is 447 Å². The van der Waals surface area contributed by atoms with Gasteiger partial charge in [-0.3, -0.25) is 18.6 Å². The van der Waals surface area contributed by atoms with Crippen LogP contribution in [0.3, 0.4) is 0 Å². The number of phosphoric ester groups is 1. The van der Waals surface area contributed by atoms with Gasteiger partial charge in [0, 0.05) is 12.8 Å². The van der Waals surface area contributed by atoms with Gasteiger partial charge in [-0.15, -0.1) is 0 Å². The van der Waals surface area contributed by atoms with Crippen LogP contribution in [0.2, 0.25) is 0 Å². The summed E-state index contributed by atoms with van der Waals surface area (Å²) >= 11 is 0. The number of allylic oxidation sites excluding steroid dienone is 23. The van der Waals surface area contributed by atoms with Crippen molar-refractivity contribution >= 4 is 19.7 Å². The molecule has 73 heavy (non-hydrogen) atoms. The van der Waals surface area contributed by atoms with Crippen LogP contribution in [0.15, 0.2) is 146 Å². The van der Waals surface area contributed by atoms with Crippen LogP contribution in [0.25, 0.3) is 0 Å². The SMILES string of the molecule is CC\C=C/C=C/C=C/C=C\C=C\C=C\CCCCCC(=O)OC(/C=C/CCCCCCCCCCC)C(COP(=O)(O)OCC[N+](C)(C)C)NC(=O)CCCCC/C=C\C/C=C\C/C=C\C/C=C\C/C=C\CC. The van der Waals surface area contributed by atoms with E-state index in [-0.39, 0.29) is 37.9 Å². The molecule has 3 atom stereocenters. The molecule has 0 aromatic rings. The first-order valence-corrected chi connectivity index (χ1v) is 29.7. The number of nitrogens with one attached hydrogen (secondary N) is 1. The lowest BCUT2D eigenvalue weighted by Crippen LogP contribution is -2.47. The van der Waals surface area contributed by atoms with Crippen molar-refractivity contribution in [2.24, 2.45) is 0 Å². The van der Waals surface area contributed by atoms with Crippen LogP contribution in [0, 0.1) is 0 Å². The van der Waals surface area contributed by atoms with E-state index in [2.05, 4.69) is 99.0 Å². The second kappa shape index (κ2) is 51.4. The number of rotatable bonds is 48. The van der Waals surface area contributed by atoms with Crippen molar-refractivity contribution in [3.05, 3.63) is 146 Å². The minimum absolute atomic E-state index is 0.0165. The minimum atomic E-state index is -4.48. The quantitative estimate of drug-likeness (QED) is 0.0156. The molecule has 2 N–H and O–H groups in total. The van der Waals surface area contributed by atoms with Crippen LogP contribution in [-0.2, 0) is 27.9 Å². The number of phosphoric acid groups is 1. The molecule has 0 radical (unpaired) electrons. The van der Waals surface area contributed by atoms with E-state index in [9.17, 15) is 19.0 Å². The van der Waals surface area contributed by atoms with Gasteiger partial charge < -0.3 is 19.4 Å². The number of carbonyl (C=O) groups excluding carboxylic acids is 2. The first kappa shape index (κ1) is 68.9. The molecule has 9 nitrogen and oxygen atoms in total. The van der Waals surface area contributed by atoms with Crippen LogP contribution < -0.4 is 5.32 Å². The van der Waals surface area contributed by atoms with Crippen molar-refractivity contribution in [3.8, 4) is 0 Å². The van der Waals surface area contributed by atoms with Crippen LogP contribution in [0.4, 0.5) is 0 Å². The molecule has 0 bridgehead atoms. The van der Waals surface area contributed by atoms with Gasteiger partial charge in [-0.25, -0.2) is 4.57 Å². The second-order valence-corrected chi connectivity index (χ2v) is 20.9. The Bertz CT molecular complexity index is 1760. The minimum Gasteiger partial charge on any atom is -0.456 e. The molecule has 0 aromatic heterocycles. The fourth-order valence-corrected chi connectivity index (χ4v) is 7.85. The fourth-order valence-electron chi connectivity index (χ4n) is 7.11. The van der Waals surface area contributed by atoms with Crippen LogP contribution in [0.5, 0.6) is 0 Å². The van der Waals surface area contributed by atoms with Gasteiger partial charge in [-0.05, 0) is 96.0 Å². The van der Waals surface area contributed by atoms with Crippen LogP contribution >= 0.6 is 7.82 Å². The maximum atomic E-state index is 13.5. The van der Waals surface area contributed by atoms with Crippen molar-refractivity contribution < 1.29 is 37.3 Å². The van der Waals surface area contributed by atoms with Gasteiger partial charge in [0.2, 0.25) is 5.91 Å². The van der Waals surface area contributed by atoms with Crippen molar-refractivity contribution in [1.82, 2.24) is 5.32 Å². The number of quaternary nitrogens is 1. The summed E-state index contributed by atoms with van der Waals surface area (Å²) in [6, 6.07) is -0.895. The highest BCUT2D eigenvalue weighted by Crippen LogP contribution is 2.43. The molecular formula is C63H104N2O7P+. The third-order valence-electron chi connectivity index (χ3n) is 11.4. The largest absolute Gasteiger partial charge is 0.472 e. The molecule has 0 aromatic carbocycles. The Kier molecular flexibility index (Phi) is 48.5. The average Bonchev–Trinajstić information content (AvgIpc) is 3.35. The van der Waals surface area contributed by atoms with E-state index in [1.165, 1.54) is 44.9 Å². The molecule has 0 aliphatic heterocycles. The van der Waals surface area contributed by atoms with Crippen LogP contribution in [0.1, 0.15) is 188 Å². The number of esters is 1. The number of hydrogen-bond acceptors (Lipinski definition) is 6. The molecule has 0 saturated carbocycles. The van der Waals surface area contributed by atoms with E-state index >= 15 is 0 Å². The zero-order valence-electron chi connectivity index (χ0n) is 46.8. The summed E-state index contributed by atoms with van der Waals surface area (Å²) in [5.41, 5.74) is 0. The molecule has 1 amide bonds. The van der Waals surface area contributed by atoms with E-state index in [1.807, 2.05) is 94.1 Å². The van der Waals surface area contributed by atoms with E-state index in [0.717, 1.165) is 96.3 Å². The summed E-state index contributed by atoms with van der Waals surface area (Å²) < 4.78 is 30.5. The fraction of sp³-hybridized carbons (Fsp3) is 0.587. The second-order valence-electron chi connectivity index (χ2n) is 19.5. The molecule has 3 unspecified atom stereocenters. The predicted octanol–water partition coefficient (Wildman–Crippen LogP) is 17.1. The number of unbranched alkanes of at least 4 members (excludes halogenated alkanes) is 15. The highest BCUT2D eigenvalue weighted by molar-refractivity contribution is 7.47. The zero-order valence-corrected chi connectivity index (χ0v) is 47.7. The molecule has 0 aliphatic rings. The summed E-state index contributed by atoms with van der Waals surface area (Å²) in [7, 11) is 1.42. The van der Waals surface area contributed by atoms with Gasteiger partial charge in [0.25, 0.3) is 0 Å². The van der Waals surface area contributed by atoms with Crippen molar-refractivity contribution in [3.63, 3.8) is 0 Å². The maximum Gasteiger partial charge on any atom is 0.472 e. The molecule has 0 spiro atoms. The zero-order chi connectivity index (χ0) is 53.6. The van der Waals surface area contributed by atoms with E-state index in [1.54, 1.807) is 0 Å². The molecular weight excluding hydrogens is 928 g/mol. The topological polar surface area (TPSA) is 111 Å². The third-order valence-corrected chi connectivity index (χ3v) is 12.4. The van der Waals surface area contributed by atoms with E-state index in [4.69, 9.17) is 13.8 Å². The lowest BCUT2D eigenvalue weighted by atomic mass is 10.1. The molecule has 412 valence electrons. The number of hydrogen-bond donors (Lipinski definition) is 2. The molecule has 0 fully saturated rings. The predicted molar refractivity (Wildman–Crippen MR) is 313 cm³/mol. The number of ether oxygens (including phenoxy) is 1. The molecule has 10 heteroatoms. The lowest BCUT2D eigenvalue weighted by Gasteiger charge is -2.27. The Morgan fingerprint density at radius 2 is 0.945 bits per heavy atom. The van der Waals surface area contributed by atoms with Gasteiger partial charge >= 0.3 is 13.8 Å². The summed E-state index contributed by atoms with van der Waals surface area (Å²) in [5.74, 6) is -0.611. The Morgan fingerprint density at radius 1 is 0.507 bits per heavy atom. The average molecular weight is 1030 g/mol. The van der Waals surface area contributed by atoms with Crippen molar-refractivity contribution in [1.29, 1.82) is 0 Å². The third kappa shape index (κ3) is 52.6. The molecule has 0 saturated heterocycles. The summed E-state index contributed by atoms with van der Waals surface area (Å²) in [4.78, 5) is 37.6. The molecule has 0 aliphatic carbocycles. The van der Waals surface area contributed by atoms with Gasteiger partial charge in [0.15, 0.2) is 0 Å². The van der Waals surface area contributed by atoms with Gasteiger partial charge in [-0.1, -0.05) is 225 Å². The normalized spacial score (nSPS) is 14.9. The molecule has 0 heterocycles. The Morgan fingerprint density at radius 3 is 1.48 bits per heavy atom. The van der Waals surface area contributed by atoms with Crippen molar-refractivity contribution in [2.45, 2.75) is 200 Å². The summed E-state index contributed by atoms with van der Waals surface area (Å²) in [6.07, 6.45) is 74.2. The number of carbonyl (C=O) groups is 2. The highest BCUT2D eigenvalue weighted by atomic mass is 31.2.